The van der Waals surface area contributed by atoms with Gasteiger partial charge in [0.25, 0.3) is 0 Å². The molecular weight excluding hydrogens is 234 g/mol. The number of rotatable bonds is 8. The molecule has 1 aromatic carbocycles. The van der Waals surface area contributed by atoms with Crippen molar-refractivity contribution in [1.82, 2.24) is 5.32 Å². The Morgan fingerprint density at radius 3 is 2.37 bits per heavy atom. The first-order valence-electron chi connectivity index (χ1n) is 7.41. The molecule has 108 valence electrons. The second-order valence-electron chi connectivity index (χ2n) is 5.96. The summed E-state index contributed by atoms with van der Waals surface area (Å²) in [6.45, 7) is 12.7. The molecule has 1 unspecified atom stereocenters. The molecule has 0 saturated carbocycles. The van der Waals surface area contributed by atoms with Crippen molar-refractivity contribution in [2.75, 3.05) is 13.2 Å². The van der Waals surface area contributed by atoms with Crippen LogP contribution in [0.25, 0.3) is 0 Å². The Hall–Kier alpha value is -0.860. The molecule has 2 heteroatoms. The van der Waals surface area contributed by atoms with E-state index in [2.05, 4.69) is 64.2 Å². The highest BCUT2D eigenvalue weighted by atomic mass is 16.5. The molecule has 0 saturated heterocycles. The monoisotopic (exact) mass is 263 g/mol. The van der Waals surface area contributed by atoms with Gasteiger partial charge in [-0.3, -0.25) is 0 Å². The minimum absolute atomic E-state index is 0.155. The van der Waals surface area contributed by atoms with E-state index in [1.807, 2.05) is 0 Å². The summed E-state index contributed by atoms with van der Waals surface area (Å²) < 4.78 is 6.11. The Morgan fingerprint density at radius 2 is 1.79 bits per heavy atom. The van der Waals surface area contributed by atoms with Crippen LogP contribution in [0.3, 0.4) is 0 Å². The van der Waals surface area contributed by atoms with Crippen LogP contribution >= 0.6 is 0 Å². The summed E-state index contributed by atoms with van der Waals surface area (Å²) in [6, 6.07) is 9.00. The van der Waals surface area contributed by atoms with Gasteiger partial charge in [0.2, 0.25) is 0 Å². The Kier molecular flexibility index (Phi) is 7.11. The fourth-order valence-corrected chi connectivity index (χ4v) is 2.00. The largest absolute Gasteiger partial charge is 0.372 e. The lowest BCUT2D eigenvalue weighted by atomic mass is 10.0. The average Bonchev–Trinajstić information content (AvgIpc) is 2.34. The molecule has 0 aromatic heterocycles. The molecule has 0 aliphatic heterocycles. The lowest BCUT2D eigenvalue weighted by Crippen LogP contribution is -2.29. The van der Waals surface area contributed by atoms with E-state index in [0.717, 1.165) is 19.6 Å². The van der Waals surface area contributed by atoms with Gasteiger partial charge in [0.05, 0.1) is 6.10 Å². The Labute approximate surface area is 118 Å². The van der Waals surface area contributed by atoms with Gasteiger partial charge >= 0.3 is 0 Å². The molecule has 1 rings (SSSR count). The van der Waals surface area contributed by atoms with E-state index in [-0.39, 0.29) is 6.10 Å². The van der Waals surface area contributed by atoms with Crippen molar-refractivity contribution in [3.8, 4) is 0 Å². The summed E-state index contributed by atoms with van der Waals surface area (Å²) in [4.78, 5) is 0. The SMILES string of the molecule is Cc1ccccc1C(CNC(C)C)OCCC(C)C. The zero-order chi connectivity index (χ0) is 14.3. The number of nitrogens with one attached hydrogen (secondary N) is 1. The molecule has 0 bridgehead atoms. The molecule has 0 aliphatic rings. The molecule has 1 N–H and O–H groups in total. The molecule has 0 fully saturated rings. The topological polar surface area (TPSA) is 21.3 Å². The van der Waals surface area contributed by atoms with Gasteiger partial charge in [-0.25, -0.2) is 0 Å². The smallest absolute Gasteiger partial charge is 0.0951 e. The van der Waals surface area contributed by atoms with Gasteiger partial charge in [0.1, 0.15) is 0 Å². The van der Waals surface area contributed by atoms with Crippen LogP contribution in [0.1, 0.15) is 51.3 Å². The maximum atomic E-state index is 6.11. The van der Waals surface area contributed by atoms with Crippen molar-refractivity contribution in [2.45, 2.75) is 53.2 Å². The highest BCUT2D eigenvalue weighted by Gasteiger charge is 2.14. The van der Waals surface area contributed by atoms with Crippen LogP contribution in [0.15, 0.2) is 24.3 Å². The van der Waals surface area contributed by atoms with Gasteiger partial charge in [-0.15, -0.1) is 0 Å². The van der Waals surface area contributed by atoms with Crippen molar-refractivity contribution in [3.05, 3.63) is 35.4 Å². The van der Waals surface area contributed by atoms with Gasteiger partial charge in [-0.05, 0) is 30.4 Å². The Balaban J connectivity index is 2.66. The molecule has 0 spiro atoms. The van der Waals surface area contributed by atoms with Gasteiger partial charge < -0.3 is 10.1 Å². The summed E-state index contributed by atoms with van der Waals surface area (Å²) in [6.07, 6.45) is 1.27. The van der Waals surface area contributed by atoms with E-state index in [9.17, 15) is 0 Å². The third-order valence-corrected chi connectivity index (χ3v) is 3.26. The number of hydrogen-bond acceptors (Lipinski definition) is 2. The van der Waals surface area contributed by atoms with Crippen LogP contribution in [-0.4, -0.2) is 19.2 Å². The molecule has 0 heterocycles. The highest BCUT2D eigenvalue weighted by molar-refractivity contribution is 5.28. The van der Waals surface area contributed by atoms with Crippen LogP contribution < -0.4 is 5.32 Å². The summed E-state index contributed by atoms with van der Waals surface area (Å²) in [5.74, 6) is 0.690. The number of hydrogen-bond donors (Lipinski definition) is 1. The predicted octanol–water partition coefficient (Wildman–Crippen LogP) is 4.10. The highest BCUT2D eigenvalue weighted by Crippen LogP contribution is 2.21. The van der Waals surface area contributed by atoms with Gasteiger partial charge in [0, 0.05) is 19.2 Å². The summed E-state index contributed by atoms with van der Waals surface area (Å²) in [7, 11) is 0. The lowest BCUT2D eigenvalue weighted by Gasteiger charge is -2.22. The third-order valence-electron chi connectivity index (χ3n) is 3.26. The second-order valence-corrected chi connectivity index (χ2v) is 5.96. The molecule has 1 atom stereocenters. The molecule has 2 nitrogen and oxygen atoms in total. The maximum Gasteiger partial charge on any atom is 0.0951 e. The Morgan fingerprint density at radius 1 is 1.11 bits per heavy atom. The van der Waals surface area contributed by atoms with Crippen molar-refractivity contribution in [2.24, 2.45) is 5.92 Å². The second kappa shape index (κ2) is 8.34. The van der Waals surface area contributed by atoms with Crippen LogP contribution in [0.4, 0.5) is 0 Å². The lowest BCUT2D eigenvalue weighted by molar-refractivity contribution is 0.0442. The van der Waals surface area contributed by atoms with Gasteiger partial charge in [0.15, 0.2) is 0 Å². The van der Waals surface area contributed by atoms with Gasteiger partial charge in [-0.2, -0.15) is 0 Å². The summed E-state index contributed by atoms with van der Waals surface area (Å²) in [5.41, 5.74) is 2.61. The first-order valence-corrected chi connectivity index (χ1v) is 7.41. The van der Waals surface area contributed by atoms with Crippen LogP contribution in [0, 0.1) is 12.8 Å². The molecule has 19 heavy (non-hydrogen) atoms. The summed E-state index contributed by atoms with van der Waals surface area (Å²) >= 11 is 0. The minimum atomic E-state index is 0.155. The average molecular weight is 263 g/mol. The van der Waals surface area contributed by atoms with E-state index in [1.54, 1.807) is 0 Å². The van der Waals surface area contributed by atoms with E-state index in [1.165, 1.54) is 11.1 Å². The predicted molar refractivity (Wildman–Crippen MR) is 82.5 cm³/mol. The van der Waals surface area contributed by atoms with Crippen LogP contribution in [-0.2, 0) is 4.74 Å². The molecule has 0 amide bonds. The molecular formula is C17H29NO. The first-order chi connectivity index (χ1) is 9.00. The van der Waals surface area contributed by atoms with Gasteiger partial charge in [-0.1, -0.05) is 52.0 Å². The van der Waals surface area contributed by atoms with Crippen molar-refractivity contribution < 1.29 is 4.74 Å². The molecule has 1 aromatic rings. The normalized spacial score (nSPS) is 13.2. The zero-order valence-corrected chi connectivity index (χ0v) is 13.1. The maximum absolute atomic E-state index is 6.11. The number of ether oxygens (including phenoxy) is 1. The fourth-order valence-electron chi connectivity index (χ4n) is 2.00. The standard InChI is InChI=1S/C17H29NO/c1-13(2)10-11-19-17(12-18-14(3)4)16-9-7-6-8-15(16)5/h6-9,13-14,17-18H,10-12H2,1-5H3. The summed E-state index contributed by atoms with van der Waals surface area (Å²) in [5, 5.41) is 3.48. The van der Waals surface area contributed by atoms with E-state index in [4.69, 9.17) is 4.74 Å². The van der Waals surface area contributed by atoms with E-state index < -0.39 is 0 Å². The molecule has 0 radical (unpaired) electrons. The zero-order valence-electron chi connectivity index (χ0n) is 13.1. The fraction of sp³-hybridized carbons (Fsp3) is 0.647. The quantitative estimate of drug-likeness (QED) is 0.762. The van der Waals surface area contributed by atoms with Crippen molar-refractivity contribution >= 4 is 0 Å². The molecule has 0 aliphatic carbocycles. The van der Waals surface area contributed by atoms with Crippen LogP contribution in [0.5, 0.6) is 0 Å². The van der Waals surface area contributed by atoms with E-state index >= 15 is 0 Å². The third kappa shape index (κ3) is 6.22. The van der Waals surface area contributed by atoms with Crippen molar-refractivity contribution in [1.29, 1.82) is 0 Å². The number of benzene rings is 1. The Bertz CT molecular complexity index is 360. The minimum Gasteiger partial charge on any atom is -0.372 e. The number of aryl methyl sites for hydroxylation is 1. The van der Waals surface area contributed by atoms with Crippen LogP contribution in [0.2, 0.25) is 0 Å². The first kappa shape index (κ1) is 16.2. The van der Waals surface area contributed by atoms with E-state index in [0.29, 0.717) is 12.0 Å². The van der Waals surface area contributed by atoms with Crippen molar-refractivity contribution in [3.63, 3.8) is 0 Å².